The van der Waals surface area contributed by atoms with Crippen LogP contribution in [0.15, 0.2) is 29.3 Å². The standard InChI is InChI=1S/C22H35N5O2.HI/c1-3-21(28)27-10-9-20(17-27)25-22(23-4-2)24-15-18-5-7-19(8-6-18)16-26-11-13-29-14-12-26;/h5-8,20H,3-4,9-17H2,1-2H3,(H2,23,24,25);1H. The molecule has 1 unspecified atom stereocenters. The maximum Gasteiger partial charge on any atom is 0.222 e. The lowest BCUT2D eigenvalue weighted by Crippen LogP contribution is -2.45. The fraction of sp³-hybridized carbons (Fsp3) is 0.636. The number of rotatable bonds is 7. The lowest BCUT2D eigenvalue weighted by atomic mass is 10.1. The molecule has 2 aliphatic heterocycles. The van der Waals surface area contributed by atoms with Crippen LogP contribution < -0.4 is 10.6 Å². The summed E-state index contributed by atoms with van der Waals surface area (Å²) in [6.07, 6.45) is 1.54. The zero-order valence-corrected chi connectivity index (χ0v) is 20.6. The summed E-state index contributed by atoms with van der Waals surface area (Å²) in [5, 5.41) is 6.81. The molecule has 1 amide bonds. The van der Waals surface area contributed by atoms with Gasteiger partial charge in [0.05, 0.1) is 19.8 Å². The number of carbonyl (C=O) groups is 1. The number of hydrogen-bond donors (Lipinski definition) is 2. The van der Waals surface area contributed by atoms with E-state index >= 15 is 0 Å². The van der Waals surface area contributed by atoms with Crippen molar-refractivity contribution in [3.8, 4) is 0 Å². The highest BCUT2D eigenvalue weighted by Crippen LogP contribution is 2.12. The van der Waals surface area contributed by atoms with Crippen molar-refractivity contribution in [3.05, 3.63) is 35.4 Å². The van der Waals surface area contributed by atoms with Crippen LogP contribution in [0.25, 0.3) is 0 Å². The molecule has 0 radical (unpaired) electrons. The minimum atomic E-state index is 0. The Bertz CT molecular complexity index is 677. The van der Waals surface area contributed by atoms with E-state index < -0.39 is 0 Å². The van der Waals surface area contributed by atoms with Crippen LogP contribution in [0.2, 0.25) is 0 Å². The van der Waals surface area contributed by atoms with Crippen LogP contribution in [-0.2, 0) is 22.6 Å². The number of amides is 1. The van der Waals surface area contributed by atoms with Crippen LogP contribution in [0.4, 0.5) is 0 Å². The molecule has 2 N–H and O–H groups in total. The fourth-order valence-electron chi connectivity index (χ4n) is 3.78. The lowest BCUT2D eigenvalue weighted by Gasteiger charge is -2.26. The van der Waals surface area contributed by atoms with Crippen molar-refractivity contribution in [2.24, 2.45) is 4.99 Å². The number of hydrogen-bond acceptors (Lipinski definition) is 4. The SMILES string of the molecule is CCNC(=NCc1ccc(CN2CCOCC2)cc1)NC1CCN(C(=O)CC)C1.I. The van der Waals surface area contributed by atoms with Gasteiger partial charge in [-0.3, -0.25) is 9.69 Å². The van der Waals surface area contributed by atoms with Crippen LogP contribution in [0.1, 0.15) is 37.8 Å². The Morgan fingerprint density at radius 1 is 1.13 bits per heavy atom. The maximum atomic E-state index is 11.9. The molecule has 2 aliphatic rings. The number of morpholine rings is 1. The molecule has 0 saturated carbocycles. The Kier molecular flexibility index (Phi) is 10.9. The summed E-state index contributed by atoms with van der Waals surface area (Å²) in [7, 11) is 0. The largest absolute Gasteiger partial charge is 0.379 e. The molecule has 8 heteroatoms. The predicted octanol–water partition coefficient (Wildman–Crippen LogP) is 2.20. The highest BCUT2D eigenvalue weighted by atomic mass is 127. The first-order chi connectivity index (χ1) is 14.2. The van der Waals surface area contributed by atoms with Crippen molar-refractivity contribution < 1.29 is 9.53 Å². The van der Waals surface area contributed by atoms with E-state index in [4.69, 9.17) is 9.73 Å². The van der Waals surface area contributed by atoms with Gasteiger partial charge in [0.15, 0.2) is 5.96 Å². The van der Waals surface area contributed by atoms with E-state index in [0.29, 0.717) is 13.0 Å². The number of ether oxygens (including phenoxy) is 1. The number of guanidine groups is 1. The topological polar surface area (TPSA) is 69.2 Å². The minimum absolute atomic E-state index is 0. The van der Waals surface area contributed by atoms with Crippen molar-refractivity contribution in [1.29, 1.82) is 0 Å². The van der Waals surface area contributed by atoms with Crippen molar-refractivity contribution in [1.82, 2.24) is 20.4 Å². The molecule has 7 nitrogen and oxygen atoms in total. The van der Waals surface area contributed by atoms with Crippen LogP contribution in [0.3, 0.4) is 0 Å². The predicted molar refractivity (Wildman–Crippen MR) is 131 cm³/mol. The average Bonchev–Trinajstić information content (AvgIpc) is 3.22. The van der Waals surface area contributed by atoms with Gasteiger partial charge in [0.25, 0.3) is 0 Å². The van der Waals surface area contributed by atoms with Gasteiger partial charge in [-0.15, -0.1) is 24.0 Å². The number of nitrogens with zero attached hydrogens (tertiary/aromatic N) is 3. The molecule has 1 aromatic rings. The van der Waals surface area contributed by atoms with Gasteiger partial charge in [-0.1, -0.05) is 31.2 Å². The molecular weight excluding hydrogens is 493 g/mol. The summed E-state index contributed by atoms with van der Waals surface area (Å²) in [5.74, 6) is 1.05. The number of benzene rings is 1. The Morgan fingerprint density at radius 2 is 1.83 bits per heavy atom. The van der Waals surface area contributed by atoms with Gasteiger partial charge >= 0.3 is 0 Å². The fourth-order valence-corrected chi connectivity index (χ4v) is 3.78. The zero-order valence-electron chi connectivity index (χ0n) is 18.2. The number of likely N-dealkylation sites (tertiary alicyclic amines) is 1. The summed E-state index contributed by atoms with van der Waals surface area (Å²) in [4.78, 5) is 21.0. The molecular formula is C22H36IN5O2. The van der Waals surface area contributed by atoms with Gasteiger partial charge in [-0.05, 0) is 24.5 Å². The van der Waals surface area contributed by atoms with Crippen LogP contribution in [0, 0.1) is 0 Å². The highest BCUT2D eigenvalue weighted by Gasteiger charge is 2.25. The van der Waals surface area contributed by atoms with Gasteiger partial charge in [0.1, 0.15) is 0 Å². The second-order valence-corrected chi connectivity index (χ2v) is 7.72. The molecule has 2 heterocycles. The third-order valence-electron chi connectivity index (χ3n) is 5.48. The molecule has 0 spiro atoms. The third-order valence-corrected chi connectivity index (χ3v) is 5.48. The molecule has 0 aliphatic carbocycles. The van der Waals surface area contributed by atoms with Gasteiger partial charge in [-0.25, -0.2) is 4.99 Å². The first-order valence-corrected chi connectivity index (χ1v) is 10.9. The summed E-state index contributed by atoms with van der Waals surface area (Å²) < 4.78 is 5.41. The molecule has 0 bridgehead atoms. The average molecular weight is 529 g/mol. The molecule has 30 heavy (non-hydrogen) atoms. The molecule has 168 valence electrons. The lowest BCUT2D eigenvalue weighted by molar-refractivity contribution is -0.129. The summed E-state index contributed by atoms with van der Waals surface area (Å²) in [5.41, 5.74) is 2.53. The molecule has 2 saturated heterocycles. The van der Waals surface area contributed by atoms with E-state index in [1.807, 2.05) is 11.8 Å². The van der Waals surface area contributed by atoms with E-state index in [0.717, 1.165) is 64.9 Å². The molecule has 1 atom stereocenters. The van der Waals surface area contributed by atoms with E-state index in [1.54, 1.807) is 0 Å². The summed E-state index contributed by atoms with van der Waals surface area (Å²) in [6.45, 7) is 11.7. The molecule has 2 fully saturated rings. The molecule has 1 aromatic carbocycles. The van der Waals surface area contributed by atoms with Crippen LogP contribution in [0.5, 0.6) is 0 Å². The smallest absolute Gasteiger partial charge is 0.222 e. The van der Waals surface area contributed by atoms with Gasteiger partial charge in [0, 0.05) is 51.7 Å². The van der Waals surface area contributed by atoms with E-state index in [9.17, 15) is 4.79 Å². The summed E-state index contributed by atoms with van der Waals surface area (Å²) in [6, 6.07) is 9.00. The normalized spacial score (nSPS) is 20.0. The van der Waals surface area contributed by atoms with Gasteiger partial charge < -0.3 is 20.3 Å². The number of carbonyl (C=O) groups excluding carboxylic acids is 1. The highest BCUT2D eigenvalue weighted by molar-refractivity contribution is 14.0. The Morgan fingerprint density at radius 3 is 2.50 bits per heavy atom. The third kappa shape index (κ3) is 7.70. The van der Waals surface area contributed by atoms with Gasteiger partial charge in [-0.2, -0.15) is 0 Å². The Hall–Kier alpha value is -1.39. The number of aliphatic imine (C=N–C) groups is 1. The second kappa shape index (κ2) is 13.1. The second-order valence-electron chi connectivity index (χ2n) is 7.72. The zero-order chi connectivity index (χ0) is 20.5. The van der Waals surface area contributed by atoms with Crippen molar-refractivity contribution in [2.45, 2.75) is 45.8 Å². The monoisotopic (exact) mass is 529 g/mol. The van der Waals surface area contributed by atoms with Crippen molar-refractivity contribution >= 4 is 35.8 Å². The maximum absolute atomic E-state index is 11.9. The van der Waals surface area contributed by atoms with E-state index in [1.165, 1.54) is 11.1 Å². The number of nitrogens with one attached hydrogen (secondary N) is 2. The first kappa shape index (κ1) is 24.9. The molecule has 0 aromatic heterocycles. The Labute approximate surface area is 197 Å². The first-order valence-electron chi connectivity index (χ1n) is 10.9. The quantitative estimate of drug-likeness (QED) is 0.322. The molecule has 3 rings (SSSR count). The minimum Gasteiger partial charge on any atom is -0.379 e. The Balaban J connectivity index is 0.00000320. The van der Waals surface area contributed by atoms with Crippen LogP contribution in [-0.4, -0.2) is 73.6 Å². The van der Waals surface area contributed by atoms with Crippen LogP contribution >= 0.6 is 24.0 Å². The number of halogens is 1. The van der Waals surface area contributed by atoms with Gasteiger partial charge in [0.2, 0.25) is 5.91 Å². The van der Waals surface area contributed by atoms with Crippen molar-refractivity contribution in [2.75, 3.05) is 45.9 Å². The van der Waals surface area contributed by atoms with Crippen molar-refractivity contribution in [3.63, 3.8) is 0 Å². The van der Waals surface area contributed by atoms with E-state index in [2.05, 4.69) is 46.7 Å². The van der Waals surface area contributed by atoms with E-state index in [-0.39, 0.29) is 35.9 Å². The summed E-state index contributed by atoms with van der Waals surface area (Å²) >= 11 is 0.